The fraction of sp³-hybridized carbons (Fsp3) is 0.846. The topological polar surface area (TPSA) is 73.9 Å². The molecule has 6 heteroatoms. The smallest absolute Gasteiger partial charge is 0.408 e. The van der Waals surface area contributed by atoms with E-state index < -0.39 is 29.1 Å². The van der Waals surface area contributed by atoms with Crippen LogP contribution in [-0.4, -0.2) is 37.6 Å². The maximum Gasteiger partial charge on any atom is 0.408 e. The van der Waals surface area contributed by atoms with Crippen molar-refractivity contribution in [2.24, 2.45) is 5.41 Å². The van der Waals surface area contributed by atoms with Gasteiger partial charge in [0.25, 0.3) is 0 Å². The first kappa shape index (κ1) is 17.7. The molecule has 0 unspecified atom stereocenters. The number of amides is 1. The summed E-state index contributed by atoms with van der Waals surface area (Å²) in [5.41, 5.74) is -1.12. The lowest BCUT2D eigenvalue weighted by molar-refractivity contribution is -0.159. The number of methoxy groups -OCH3 is 1. The highest BCUT2D eigenvalue weighted by molar-refractivity contribution is 5.82. The lowest BCUT2D eigenvalue weighted by Gasteiger charge is -2.30. The number of esters is 1. The quantitative estimate of drug-likeness (QED) is 0.628. The third kappa shape index (κ3) is 7.66. The molecule has 0 radical (unpaired) electrons. The van der Waals surface area contributed by atoms with E-state index in [0.29, 0.717) is 0 Å². The van der Waals surface area contributed by atoms with Gasteiger partial charge in [0.2, 0.25) is 0 Å². The predicted molar refractivity (Wildman–Crippen MR) is 70.6 cm³/mol. The number of alkyl carbamates (subject to hydrolysis) is 1. The van der Waals surface area contributed by atoms with Crippen LogP contribution in [0.25, 0.3) is 0 Å². The van der Waals surface area contributed by atoms with Gasteiger partial charge in [-0.15, -0.1) is 0 Å². The molecule has 1 N–H and O–H groups in total. The molecule has 0 bridgehead atoms. The highest BCUT2D eigenvalue weighted by Crippen LogP contribution is 2.21. The Morgan fingerprint density at radius 2 is 1.63 bits per heavy atom. The summed E-state index contributed by atoms with van der Waals surface area (Å²) in [6, 6.07) is -0.808. The Bertz CT molecular complexity index is 314. The van der Waals surface area contributed by atoms with E-state index >= 15 is 0 Å². The monoisotopic (exact) mass is 275 g/mol. The second kappa shape index (κ2) is 6.75. The minimum Gasteiger partial charge on any atom is -0.444 e. The summed E-state index contributed by atoms with van der Waals surface area (Å²) in [4.78, 5) is 23.6. The zero-order valence-electron chi connectivity index (χ0n) is 12.8. The zero-order chi connectivity index (χ0) is 15.3. The SMILES string of the molecule is COCOC(=O)[C@@H](NC(=O)OC(C)(C)C)C(C)(C)C. The van der Waals surface area contributed by atoms with Crippen molar-refractivity contribution in [3.05, 3.63) is 0 Å². The number of ether oxygens (including phenoxy) is 3. The Kier molecular flexibility index (Phi) is 6.29. The van der Waals surface area contributed by atoms with E-state index in [-0.39, 0.29) is 6.79 Å². The average Bonchev–Trinajstić information content (AvgIpc) is 2.18. The number of rotatable bonds is 4. The minimum atomic E-state index is -0.808. The molecule has 0 aliphatic carbocycles. The van der Waals surface area contributed by atoms with Crippen LogP contribution in [0.2, 0.25) is 0 Å². The van der Waals surface area contributed by atoms with Crippen LogP contribution in [0.4, 0.5) is 4.79 Å². The lowest BCUT2D eigenvalue weighted by atomic mass is 9.87. The van der Waals surface area contributed by atoms with Gasteiger partial charge in [0.15, 0.2) is 6.79 Å². The summed E-state index contributed by atoms with van der Waals surface area (Å²) in [6.07, 6.45) is -0.651. The maximum atomic E-state index is 11.9. The molecule has 0 aromatic carbocycles. The van der Waals surface area contributed by atoms with E-state index in [1.807, 2.05) is 20.8 Å². The molecule has 0 spiro atoms. The number of carbonyl (C=O) groups is 2. The van der Waals surface area contributed by atoms with Crippen LogP contribution >= 0.6 is 0 Å². The van der Waals surface area contributed by atoms with E-state index in [2.05, 4.69) is 10.1 Å². The zero-order valence-corrected chi connectivity index (χ0v) is 12.8. The van der Waals surface area contributed by atoms with E-state index in [0.717, 1.165) is 0 Å². The van der Waals surface area contributed by atoms with E-state index in [1.54, 1.807) is 20.8 Å². The molecule has 1 atom stereocenters. The molecule has 0 heterocycles. The maximum absolute atomic E-state index is 11.9. The van der Waals surface area contributed by atoms with Crippen molar-refractivity contribution in [3.8, 4) is 0 Å². The van der Waals surface area contributed by atoms with Crippen LogP contribution in [0.5, 0.6) is 0 Å². The average molecular weight is 275 g/mol. The molecular weight excluding hydrogens is 250 g/mol. The second-order valence-corrected chi connectivity index (χ2v) is 6.32. The van der Waals surface area contributed by atoms with Gasteiger partial charge in [0.1, 0.15) is 11.6 Å². The van der Waals surface area contributed by atoms with Crippen molar-refractivity contribution < 1.29 is 23.8 Å². The van der Waals surface area contributed by atoms with Gasteiger partial charge in [-0.2, -0.15) is 0 Å². The molecule has 1 amide bonds. The number of carbonyl (C=O) groups excluding carboxylic acids is 2. The Labute approximate surface area is 114 Å². The molecule has 19 heavy (non-hydrogen) atoms. The molecule has 6 nitrogen and oxygen atoms in total. The molecule has 0 saturated carbocycles. The van der Waals surface area contributed by atoms with Crippen molar-refractivity contribution in [1.82, 2.24) is 5.32 Å². The molecule has 112 valence electrons. The van der Waals surface area contributed by atoms with Crippen molar-refractivity contribution in [2.45, 2.75) is 53.2 Å². The van der Waals surface area contributed by atoms with Gasteiger partial charge in [-0.25, -0.2) is 9.59 Å². The van der Waals surface area contributed by atoms with E-state index in [1.165, 1.54) is 7.11 Å². The summed E-state index contributed by atoms with van der Waals surface area (Å²) >= 11 is 0. The van der Waals surface area contributed by atoms with Gasteiger partial charge in [0, 0.05) is 7.11 Å². The van der Waals surface area contributed by atoms with Crippen molar-refractivity contribution >= 4 is 12.1 Å². The first-order valence-electron chi connectivity index (χ1n) is 6.12. The lowest BCUT2D eigenvalue weighted by Crippen LogP contribution is -2.51. The highest BCUT2D eigenvalue weighted by Gasteiger charge is 2.35. The number of hydrogen-bond acceptors (Lipinski definition) is 5. The Morgan fingerprint density at radius 1 is 1.11 bits per heavy atom. The fourth-order valence-electron chi connectivity index (χ4n) is 1.25. The summed E-state index contributed by atoms with van der Waals surface area (Å²) in [7, 11) is 1.42. The number of nitrogens with one attached hydrogen (secondary N) is 1. The third-order valence-corrected chi connectivity index (χ3v) is 2.08. The Morgan fingerprint density at radius 3 is 2.00 bits per heavy atom. The van der Waals surface area contributed by atoms with E-state index in [4.69, 9.17) is 9.47 Å². The molecule has 0 saturated heterocycles. The summed E-state index contributed by atoms with van der Waals surface area (Å²) in [5.74, 6) is -0.555. The predicted octanol–water partition coefficient (Wildman–Crippen LogP) is 2.07. The van der Waals surface area contributed by atoms with E-state index in [9.17, 15) is 9.59 Å². The highest BCUT2D eigenvalue weighted by atomic mass is 16.7. The van der Waals surface area contributed by atoms with Crippen molar-refractivity contribution in [2.75, 3.05) is 13.9 Å². The van der Waals surface area contributed by atoms with Gasteiger partial charge in [-0.1, -0.05) is 20.8 Å². The Balaban J connectivity index is 4.71. The molecular formula is C13H25NO5. The molecule has 0 aliphatic heterocycles. The summed E-state index contributed by atoms with van der Waals surface area (Å²) in [5, 5.41) is 2.53. The van der Waals surface area contributed by atoms with Crippen LogP contribution in [0.3, 0.4) is 0 Å². The van der Waals surface area contributed by atoms with Gasteiger partial charge in [0.05, 0.1) is 0 Å². The van der Waals surface area contributed by atoms with Gasteiger partial charge in [-0.3, -0.25) is 0 Å². The summed E-state index contributed by atoms with van der Waals surface area (Å²) < 4.78 is 14.7. The third-order valence-electron chi connectivity index (χ3n) is 2.08. The van der Waals surface area contributed by atoms with Crippen LogP contribution < -0.4 is 5.32 Å². The molecule has 0 aliphatic rings. The summed E-state index contributed by atoms with van der Waals surface area (Å²) in [6.45, 7) is 10.6. The minimum absolute atomic E-state index is 0.151. The fourth-order valence-corrected chi connectivity index (χ4v) is 1.25. The van der Waals surface area contributed by atoms with Gasteiger partial charge in [-0.05, 0) is 26.2 Å². The van der Waals surface area contributed by atoms with Crippen molar-refractivity contribution in [1.29, 1.82) is 0 Å². The first-order valence-corrected chi connectivity index (χ1v) is 6.12. The molecule has 0 aromatic heterocycles. The second-order valence-electron chi connectivity index (χ2n) is 6.32. The van der Waals surface area contributed by atoms with Gasteiger partial charge < -0.3 is 19.5 Å². The Hall–Kier alpha value is -1.30. The molecule has 0 rings (SSSR count). The first-order chi connectivity index (χ1) is 8.47. The standard InChI is InChI=1S/C13H25NO5/c1-12(2,3)9(10(15)18-8-17-7)14-11(16)19-13(4,5)6/h9H,8H2,1-7H3,(H,14,16)/t9-/m1/s1. The largest absolute Gasteiger partial charge is 0.444 e. The number of hydrogen-bond donors (Lipinski definition) is 1. The van der Waals surface area contributed by atoms with Gasteiger partial charge >= 0.3 is 12.1 Å². The van der Waals surface area contributed by atoms with Crippen LogP contribution in [0.15, 0.2) is 0 Å². The van der Waals surface area contributed by atoms with Crippen LogP contribution in [0, 0.1) is 5.41 Å². The normalized spacial score (nSPS) is 13.6. The van der Waals surface area contributed by atoms with Crippen LogP contribution in [0.1, 0.15) is 41.5 Å². The van der Waals surface area contributed by atoms with Crippen molar-refractivity contribution in [3.63, 3.8) is 0 Å². The molecule has 0 aromatic rings. The van der Waals surface area contributed by atoms with Crippen LogP contribution in [-0.2, 0) is 19.0 Å². The molecule has 0 fully saturated rings.